The van der Waals surface area contributed by atoms with Gasteiger partial charge >= 0.3 is 11.7 Å². The van der Waals surface area contributed by atoms with E-state index in [9.17, 15) is 37.6 Å². The van der Waals surface area contributed by atoms with Crippen LogP contribution >= 0.6 is 0 Å². The molecular formula is C49H59FN10O8S. The molecular weight excluding hydrogens is 908 g/mol. The van der Waals surface area contributed by atoms with Gasteiger partial charge in [0.25, 0.3) is 15.9 Å². The van der Waals surface area contributed by atoms with Crippen molar-refractivity contribution in [2.24, 2.45) is 17.1 Å². The third kappa shape index (κ3) is 10.1. The number of nitro groups is 1. The van der Waals surface area contributed by atoms with Crippen LogP contribution in [0, 0.1) is 27.3 Å². The lowest BCUT2D eigenvalue weighted by Crippen LogP contribution is -2.61. The molecule has 0 bridgehead atoms. The Kier molecular flexibility index (Phi) is 13.0. The lowest BCUT2D eigenvalue weighted by Gasteiger charge is -2.58. The van der Waals surface area contributed by atoms with Crippen molar-refractivity contribution < 1.29 is 37.2 Å². The summed E-state index contributed by atoms with van der Waals surface area (Å²) in [4.78, 5) is 54.8. The van der Waals surface area contributed by atoms with Crippen molar-refractivity contribution in [1.82, 2.24) is 29.5 Å². The zero-order valence-electron chi connectivity index (χ0n) is 39.0. The summed E-state index contributed by atoms with van der Waals surface area (Å²) in [5.74, 6) is -1.20. The zero-order chi connectivity index (χ0) is 48.8. The number of anilines is 2. The SMILES string of the molecule is CC(C)c1ccccc1[C@@H]1CN(C(N)=O)CCN1C1CC2(CCN(c3ccc(C(=O)NS(=O)(=O)c4cnc(NCC5CCC(C)(O)CC5)c([N+](=O)[O-])c4)c(Oc4cnc5[nH]cc(F)c5c4)c3)CC2)C1. The second-order valence-corrected chi connectivity index (χ2v) is 21.6. The quantitative estimate of drug-likeness (QED) is 0.0565. The number of amides is 3. The number of rotatable bonds is 13. The predicted octanol–water partition coefficient (Wildman–Crippen LogP) is 7.58. The van der Waals surface area contributed by atoms with E-state index in [1.165, 1.54) is 29.5 Å². The molecule has 0 unspecified atom stereocenters. The second kappa shape index (κ2) is 18.8. The number of nitrogens with two attached hydrogens (primary N) is 1. The number of fused-ring (bicyclic) bond motifs is 1. The van der Waals surface area contributed by atoms with Crippen LogP contribution in [-0.4, -0.2) is 106 Å². The van der Waals surface area contributed by atoms with Gasteiger partial charge in [0.2, 0.25) is 5.82 Å². The number of hydrogen-bond donors (Lipinski definition) is 5. The van der Waals surface area contributed by atoms with Crippen molar-refractivity contribution in [2.45, 2.75) is 101 Å². The average Bonchev–Trinajstić information content (AvgIpc) is 3.69. The molecule has 69 heavy (non-hydrogen) atoms. The summed E-state index contributed by atoms with van der Waals surface area (Å²) >= 11 is 0. The number of sulfonamides is 1. The molecule has 1 spiro atoms. The molecule has 2 aliphatic heterocycles. The zero-order valence-corrected chi connectivity index (χ0v) is 39.8. The molecule has 366 valence electrons. The molecule has 4 aliphatic rings. The van der Waals surface area contributed by atoms with Gasteiger partial charge in [0, 0.05) is 69.3 Å². The number of hydrogen-bond acceptors (Lipinski definition) is 13. The Morgan fingerprint density at radius 2 is 1.77 bits per heavy atom. The molecule has 0 radical (unpaired) electrons. The number of primary amides is 1. The Morgan fingerprint density at radius 1 is 1.03 bits per heavy atom. The van der Waals surface area contributed by atoms with Crippen molar-refractivity contribution >= 4 is 50.2 Å². The van der Waals surface area contributed by atoms with Crippen LogP contribution in [0.5, 0.6) is 11.5 Å². The number of nitrogens with one attached hydrogen (secondary N) is 3. The number of piperidine rings is 1. The van der Waals surface area contributed by atoms with Crippen LogP contribution in [0.3, 0.4) is 0 Å². The van der Waals surface area contributed by atoms with E-state index in [1.54, 1.807) is 24.0 Å². The second-order valence-electron chi connectivity index (χ2n) is 19.9. The predicted molar refractivity (Wildman–Crippen MR) is 257 cm³/mol. The number of urea groups is 1. The third-order valence-corrected chi connectivity index (χ3v) is 16.2. The van der Waals surface area contributed by atoms with Crippen molar-refractivity contribution in [3.63, 3.8) is 0 Å². The molecule has 2 aliphatic carbocycles. The number of pyridine rings is 2. The average molecular weight is 967 g/mol. The fourth-order valence-electron chi connectivity index (χ4n) is 10.8. The van der Waals surface area contributed by atoms with Gasteiger partial charge in [-0.15, -0.1) is 0 Å². The summed E-state index contributed by atoms with van der Waals surface area (Å²) in [6.07, 6.45) is 9.96. The minimum atomic E-state index is -4.71. The first kappa shape index (κ1) is 47.7. The molecule has 6 N–H and O–H groups in total. The lowest BCUT2D eigenvalue weighted by molar-refractivity contribution is -0.384. The molecule has 5 heterocycles. The highest BCUT2D eigenvalue weighted by molar-refractivity contribution is 7.90. The molecule has 9 rings (SSSR count). The number of aromatic nitrogens is 3. The lowest BCUT2D eigenvalue weighted by atomic mass is 9.59. The number of aromatic amines is 1. The maximum atomic E-state index is 14.7. The fourth-order valence-corrected chi connectivity index (χ4v) is 11.8. The van der Waals surface area contributed by atoms with Crippen LogP contribution in [0.25, 0.3) is 11.0 Å². The first-order valence-electron chi connectivity index (χ1n) is 23.6. The highest BCUT2D eigenvalue weighted by Gasteiger charge is 2.50. The van der Waals surface area contributed by atoms with Crippen LogP contribution in [-0.2, 0) is 10.0 Å². The number of carbonyl (C=O) groups is 2. The van der Waals surface area contributed by atoms with E-state index in [1.807, 2.05) is 4.72 Å². The van der Waals surface area contributed by atoms with Gasteiger partial charge in [-0.25, -0.2) is 32.3 Å². The van der Waals surface area contributed by atoms with Gasteiger partial charge in [-0.05, 0) is 105 Å². The molecule has 3 aromatic heterocycles. The van der Waals surface area contributed by atoms with Crippen LogP contribution in [0.15, 0.2) is 78.1 Å². The van der Waals surface area contributed by atoms with Crippen LogP contribution in [0.4, 0.5) is 26.4 Å². The van der Waals surface area contributed by atoms with Gasteiger partial charge in [-0.3, -0.25) is 19.8 Å². The van der Waals surface area contributed by atoms with Gasteiger partial charge in [0.05, 0.1) is 39.9 Å². The number of halogens is 1. The Hall–Kier alpha value is -6.38. The van der Waals surface area contributed by atoms with E-state index in [2.05, 4.69) is 68.2 Å². The minimum Gasteiger partial charge on any atom is -0.455 e. The van der Waals surface area contributed by atoms with Crippen molar-refractivity contribution in [1.29, 1.82) is 0 Å². The Balaban J connectivity index is 0.910. The highest BCUT2D eigenvalue weighted by atomic mass is 32.2. The van der Waals surface area contributed by atoms with E-state index < -0.39 is 48.9 Å². The van der Waals surface area contributed by atoms with Crippen molar-refractivity contribution in [3.8, 4) is 11.5 Å². The largest absolute Gasteiger partial charge is 0.455 e. The maximum absolute atomic E-state index is 14.7. The van der Waals surface area contributed by atoms with E-state index in [-0.39, 0.29) is 51.3 Å². The van der Waals surface area contributed by atoms with Crippen LogP contribution in [0.2, 0.25) is 0 Å². The topological polar surface area (TPSA) is 242 Å². The van der Waals surface area contributed by atoms with Gasteiger partial charge in [-0.1, -0.05) is 38.1 Å². The molecule has 1 atom stereocenters. The van der Waals surface area contributed by atoms with Gasteiger partial charge in [0.1, 0.15) is 27.9 Å². The monoisotopic (exact) mass is 966 g/mol. The normalized spacial score (nSPS) is 22.1. The molecule has 4 fully saturated rings. The highest BCUT2D eigenvalue weighted by Crippen LogP contribution is 2.53. The van der Waals surface area contributed by atoms with E-state index in [4.69, 9.17) is 10.5 Å². The number of carbonyl (C=O) groups excluding carboxylic acids is 2. The summed E-state index contributed by atoms with van der Waals surface area (Å²) in [5.41, 5.74) is 7.97. The van der Waals surface area contributed by atoms with Crippen LogP contribution in [0.1, 0.15) is 106 Å². The smallest absolute Gasteiger partial charge is 0.314 e. The van der Waals surface area contributed by atoms with E-state index in [0.29, 0.717) is 70.4 Å². The molecule has 2 saturated carbocycles. The van der Waals surface area contributed by atoms with Crippen molar-refractivity contribution in [2.75, 3.05) is 49.5 Å². The van der Waals surface area contributed by atoms with Crippen molar-refractivity contribution in [3.05, 3.63) is 106 Å². The van der Waals surface area contributed by atoms with Gasteiger partial charge in [0.15, 0.2) is 0 Å². The number of nitrogens with zero attached hydrogens (tertiary/aromatic N) is 6. The number of H-pyrrole nitrogens is 1. The molecule has 5 aromatic rings. The number of ether oxygens (including phenoxy) is 1. The number of aliphatic hydroxyl groups is 1. The first-order valence-corrected chi connectivity index (χ1v) is 25.1. The standard InChI is InChI=1S/C49H59FN10O8S/c1-30(2)36-6-4-5-7-37(36)42-29-58(47(51)62)18-19-59(42)33-23-49(24-33)14-16-57(17-15-49)32-8-9-38(43(20-32)68-34-21-39-40(50)28-55-44(39)53-26-34)46(61)56-69(66,67)35-22-41(60(64)65)45(54-27-35)52-25-31-10-12-48(3,63)13-11-31/h4-9,20-22,26-28,30-31,33,42,63H,10-19,23-25,29H2,1-3H3,(H2,51,62)(H,52,54)(H,53,55)(H,56,61)/t31?,42-,48?/m0/s1. The molecule has 18 nitrogen and oxygen atoms in total. The summed E-state index contributed by atoms with van der Waals surface area (Å²) in [7, 11) is -4.71. The summed E-state index contributed by atoms with van der Waals surface area (Å²) in [5, 5.41) is 25.6. The van der Waals surface area contributed by atoms with E-state index >= 15 is 0 Å². The number of piperazine rings is 1. The Labute approximate surface area is 400 Å². The summed E-state index contributed by atoms with van der Waals surface area (Å²) < 4.78 is 50.4. The molecule has 3 amide bonds. The Morgan fingerprint density at radius 3 is 2.48 bits per heavy atom. The van der Waals surface area contributed by atoms with Gasteiger partial charge < -0.3 is 35.7 Å². The van der Waals surface area contributed by atoms with Crippen LogP contribution < -0.4 is 25.4 Å². The number of benzene rings is 2. The summed E-state index contributed by atoms with van der Waals surface area (Å²) in [6, 6.07) is 15.6. The summed E-state index contributed by atoms with van der Waals surface area (Å²) in [6.45, 7) is 9.79. The molecule has 20 heteroatoms. The fraction of sp³-hybridized carbons (Fsp3) is 0.469. The van der Waals surface area contributed by atoms with Gasteiger partial charge in [-0.2, -0.15) is 0 Å². The third-order valence-electron chi connectivity index (χ3n) is 14.9. The minimum absolute atomic E-state index is 0.0167. The van der Waals surface area contributed by atoms with E-state index in [0.717, 1.165) is 56.4 Å². The molecule has 2 aromatic carbocycles. The Bertz CT molecular complexity index is 2870. The molecule has 2 saturated heterocycles. The first-order chi connectivity index (χ1) is 32.9. The maximum Gasteiger partial charge on any atom is 0.314 e.